The summed E-state index contributed by atoms with van der Waals surface area (Å²) in [6.45, 7) is 1.12. The van der Waals surface area contributed by atoms with Crippen molar-refractivity contribution >= 4 is 17.5 Å². The van der Waals surface area contributed by atoms with Gasteiger partial charge in [-0.1, -0.05) is 24.3 Å². The zero-order valence-electron chi connectivity index (χ0n) is 15.1. The Hall–Kier alpha value is -3.33. The van der Waals surface area contributed by atoms with E-state index in [1.54, 1.807) is 24.1 Å². The molecule has 1 fully saturated rings. The fourth-order valence-electron chi connectivity index (χ4n) is 3.97. The molecule has 0 bridgehead atoms. The minimum absolute atomic E-state index is 0.000125. The lowest BCUT2D eigenvalue weighted by atomic mass is 9.76. The van der Waals surface area contributed by atoms with Gasteiger partial charge in [0.1, 0.15) is 0 Å². The SMILES string of the molecule is CNC(=O)c1ccc(-c2ccc3c(c2)NC(=O)C2(CCN(C#N)C2)C3)cc1. The molecule has 2 aromatic carbocycles. The average molecular weight is 360 g/mol. The van der Waals surface area contributed by atoms with E-state index in [1.807, 2.05) is 30.3 Å². The van der Waals surface area contributed by atoms with Crippen molar-refractivity contribution in [3.63, 3.8) is 0 Å². The van der Waals surface area contributed by atoms with Crippen LogP contribution in [0.2, 0.25) is 0 Å². The Morgan fingerprint density at radius 2 is 1.96 bits per heavy atom. The zero-order valence-corrected chi connectivity index (χ0v) is 15.1. The molecule has 2 heterocycles. The molecule has 2 aromatic rings. The van der Waals surface area contributed by atoms with Crippen molar-refractivity contribution in [1.82, 2.24) is 10.2 Å². The molecule has 2 amide bonds. The van der Waals surface area contributed by atoms with E-state index < -0.39 is 5.41 Å². The smallest absolute Gasteiger partial charge is 0.251 e. The minimum atomic E-state index is -0.501. The first kappa shape index (κ1) is 17.1. The largest absolute Gasteiger partial charge is 0.355 e. The average Bonchev–Trinajstić information content (AvgIpc) is 3.12. The number of nitriles is 1. The first-order valence-electron chi connectivity index (χ1n) is 8.96. The number of carbonyl (C=O) groups is 2. The molecule has 2 aliphatic rings. The molecule has 27 heavy (non-hydrogen) atoms. The number of amides is 2. The number of carbonyl (C=O) groups excluding carboxylic acids is 2. The predicted octanol–water partition coefficient (Wildman–Crippen LogP) is 2.38. The normalized spacial score (nSPS) is 20.7. The van der Waals surface area contributed by atoms with Gasteiger partial charge < -0.3 is 15.5 Å². The van der Waals surface area contributed by atoms with E-state index in [0.29, 0.717) is 31.5 Å². The lowest BCUT2D eigenvalue weighted by Gasteiger charge is -2.33. The minimum Gasteiger partial charge on any atom is -0.355 e. The Labute approximate surface area is 157 Å². The number of rotatable bonds is 2. The number of hydrogen-bond donors (Lipinski definition) is 2. The second-order valence-electron chi connectivity index (χ2n) is 7.21. The van der Waals surface area contributed by atoms with Gasteiger partial charge in [-0.05, 0) is 47.7 Å². The van der Waals surface area contributed by atoms with Gasteiger partial charge in [0.25, 0.3) is 5.91 Å². The molecule has 0 aliphatic carbocycles. The van der Waals surface area contributed by atoms with Crippen molar-refractivity contribution in [3.8, 4) is 17.3 Å². The molecule has 136 valence electrons. The van der Waals surface area contributed by atoms with Crippen molar-refractivity contribution < 1.29 is 9.59 Å². The number of benzene rings is 2. The molecule has 6 heteroatoms. The van der Waals surface area contributed by atoms with Crippen LogP contribution >= 0.6 is 0 Å². The third-order valence-corrected chi connectivity index (χ3v) is 5.57. The van der Waals surface area contributed by atoms with Gasteiger partial charge >= 0.3 is 0 Å². The maximum atomic E-state index is 12.8. The van der Waals surface area contributed by atoms with Gasteiger partial charge in [-0.3, -0.25) is 9.59 Å². The number of hydrogen-bond acceptors (Lipinski definition) is 4. The van der Waals surface area contributed by atoms with E-state index >= 15 is 0 Å². The topological polar surface area (TPSA) is 85.2 Å². The number of nitrogens with one attached hydrogen (secondary N) is 2. The van der Waals surface area contributed by atoms with Gasteiger partial charge in [0.15, 0.2) is 6.19 Å². The first-order valence-corrected chi connectivity index (χ1v) is 8.96. The molecule has 2 aliphatic heterocycles. The molecule has 4 rings (SSSR count). The van der Waals surface area contributed by atoms with Gasteiger partial charge in [-0.25, -0.2) is 0 Å². The fourth-order valence-corrected chi connectivity index (χ4v) is 3.97. The molecule has 1 saturated heterocycles. The summed E-state index contributed by atoms with van der Waals surface area (Å²) in [5.74, 6) is -0.118. The van der Waals surface area contributed by atoms with Crippen LogP contribution in [0, 0.1) is 16.9 Å². The van der Waals surface area contributed by atoms with E-state index in [4.69, 9.17) is 5.26 Å². The summed E-state index contributed by atoms with van der Waals surface area (Å²) in [6.07, 6.45) is 3.51. The quantitative estimate of drug-likeness (QED) is 0.805. The molecule has 6 nitrogen and oxygen atoms in total. The molecular formula is C21H20N4O2. The van der Waals surface area contributed by atoms with Gasteiger partial charge in [0, 0.05) is 31.4 Å². The van der Waals surface area contributed by atoms with Crippen molar-refractivity contribution in [3.05, 3.63) is 53.6 Å². The number of nitrogens with zero attached hydrogens (tertiary/aromatic N) is 2. The Morgan fingerprint density at radius 1 is 1.22 bits per heavy atom. The van der Waals surface area contributed by atoms with E-state index in [9.17, 15) is 9.59 Å². The van der Waals surface area contributed by atoms with Gasteiger partial charge in [0.2, 0.25) is 5.91 Å². The highest BCUT2D eigenvalue weighted by Gasteiger charge is 2.47. The number of anilines is 1. The van der Waals surface area contributed by atoms with Crippen LogP contribution in [0.1, 0.15) is 22.3 Å². The maximum absolute atomic E-state index is 12.8. The molecule has 1 atom stereocenters. The lowest BCUT2D eigenvalue weighted by molar-refractivity contribution is -0.125. The highest BCUT2D eigenvalue weighted by molar-refractivity contribution is 5.99. The van der Waals surface area contributed by atoms with Crippen LogP contribution in [0.5, 0.6) is 0 Å². The van der Waals surface area contributed by atoms with Gasteiger partial charge in [-0.15, -0.1) is 0 Å². The van der Waals surface area contributed by atoms with Gasteiger partial charge in [-0.2, -0.15) is 5.26 Å². The molecule has 2 N–H and O–H groups in total. The standard InChI is InChI=1S/C21H20N4O2/c1-23-19(26)15-4-2-14(3-5-15)16-6-7-17-11-21(8-9-25(12-21)13-22)20(27)24-18(17)10-16/h2-7,10H,8-9,11-12H2,1H3,(H,23,26)(H,24,27). The number of likely N-dealkylation sites (tertiary alicyclic amines) is 1. The van der Waals surface area contributed by atoms with Gasteiger partial charge in [0.05, 0.1) is 5.41 Å². The Bertz CT molecular complexity index is 961. The van der Waals surface area contributed by atoms with E-state index in [-0.39, 0.29) is 11.8 Å². The van der Waals surface area contributed by atoms with Crippen LogP contribution in [-0.2, 0) is 11.2 Å². The maximum Gasteiger partial charge on any atom is 0.251 e. The Kier molecular flexibility index (Phi) is 4.08. The molecule has 1 unspecified atom stereocenters. The molecule has 0 aromatic heterocycles. The highest BCUT2D eigenvalue weighted by Crippen LogP contribution is 2.41. The van der Waals surface area contributed by atoms with Crippen LogP contribution in [0.4, 0.5) is 5.69 Å². The van der Waals surface area contributed by atoms with Crippen molar-refractivity contribution in [2.45, 2.75) is 12.8 Å². The summed E-state index contributed by atoms with van der Waals surface area (Å²) >= 11 is 0. The fraction of sp³-hybridized carbons (Fsp3) is 0.286. The van der Waals surface area contributed by atoms with Crippen LogP contribution in [-0.4, -0.2) is 36.9 Å². The van der Waals surface area contributed by atoms with Crippen molar-refractivity contribution in [1.29, 1.82) is 5.26 Å². The monoisotopic (exact) mass is 360 g/mol. The van der Waals surface area contributed by atoms with E-state index in [2.05, 4.69) is 16.8 Å². The summed E-state index contributed by atoms with van der Waals surface area (Å²) in [5.41, 5.74) is 4.00. The van der Waals surface area contributed by atoms with Crippen molar-refractivity contribution in [2.24, 2.45) is 5.41 Å². The van der Waals surface area contributed by atoms with E-state index in [1.165, 1.54) is 0 Å². The lowest BCUT2D eigenvalue weighted by Crippen LogP contribution is -2.43. The summed E-state index contributed by atoms with van der Waals surface area (Å²) in [6, 6.07) is 13.4. The second kappa shape index (κ2) is 6.44. The third-order valence-electron chi connectivity index (χ3n) is 5.57. The predicted molar refractivity (Wildman–Crippen MR) is 102 cm³/mol. The van der Waals surface area contributed by atoms with E-state index in [0.717, 1.165) is 22.4 Å². The molecule has 0 saturated carbocycles. The number of fused-ring (bicyclic) bond motifs is 1. The van der Waals surface area contributed by atoms with Crippen molar-refractivity contribution in [2.75, 3.05) is 25.5 Å². The Morgan fingerprint density at radius 3 is 2.63 bits per heavy atom. The van der Waals surface area contributed by atoms with Crippen LogP contribution < -0.4 is 10.6 Å². The van der Waals surface area contributed by atoms with Crippen LogP contribution in [0.25, 0.3) is 11.1 Å². The third kappa shape index (κ3) is 2.91. The summed E-state index contributed by atoms with van der Waals surface area (Å²) in [4.78, 5) is 26.1. The van der Waals surface area contributed by atoms with Crippen LogP contribution in [0.3, 0.4) is 0 Å². The molecule has 0 radical (unpaired) electrons. The van der Waals surface area contributed by atoms with Crippen LogP contribution in [0.15, 0.2) is 42.5 Å². The Balaban J connectivity index is 1.61. The first-order chi connectivity index (χ1) is 13.0. The summed E-state index contributed by atoms with van der Waals surface area (Å²) in [5, 5.41) is 14.8. The summed E-state index contributed by atoms with van der Waals surface area (Å²) < 4.78 is 0. The zero-order chi connectivity index (χ0) is 19.0. The molecular weight excluding hydrogens is 340 g/mol. The molecule has 1 spiro atoms. The summed E-state index contributed by atoms with van der Waals surface area (Å²) in [7, 11) is 1.61. The second-order valence-corrected chi connectivity index (χ2v) is 7.21. The highest BCUT2D eigenvalue weighted by atomic mass is 16.2.